The summed E-state index contributed by atoms with van der Waals surface area (Å²) in [6.07, 6.45) is 0.851. The van der Waals surface area contributed by atoms with Gasteiger partial charge in [0.05, 0.1) is 5.69 Å². The highest BCUT2D eigenvalue weighted by Gasteiger charge is 2.27. The van der Waals surface area contributed by atoms with Crippen molar-refractivity contribution in [1.29, 1.82) is 0 Å². The third kappa shape index (κ3) is 3.48. The molecular weight excluding hydrogens is 354 g/mol. The minimum atomic E-state index is -3.71. The highest BCUT2D eigenvalue weighted by atomic mass is 32.2. The molecule has 2 N–H and O–H groups in total. The molecule has 0 aliphatic heterocycles. The van der Waals surface area contributed by atoms with E-state index in [-0.39, 0.29) is 0 Å². The van der Waals surface area contributed by atoms with Gasteiger partial charge in [-0.1, -0.05) is 19.1 Å². The number of thiophene rings is 1. The minimum absolute atomic E-state index is 0.309. The maximum absolute atomic E-state index is 13.1. The Balaban J connectivity index is 2.08. The van der Waals surface area contributed by atoms with Crippen LogP contribution >= 0.6 is 11.3 Å². The van der Waals surface area contributed by atoms with Crippen LogP contribution in [0.5, 0.6) is 0 Å². The van der Waals surface area contributed by atoms with Crippen LogP contribution in [0.4, 0.5) is 5.69 Å². The van der Waals surface area contributed by atoms with E-state index in [2.05, 4.69) is 14.9 Å². The maximum atomic E-state index is 13.1. The lowest BCUT2D eigenvalue weighted by Gasteiger charge is -2.11. The molecule has 0 atom stereocenters. The molecule has 0 amide bonds. The van der Waals surface area contributed by atoms with Crippen LogP contribution < -0.4 is 4.72 Å². The van der Waals surface area contributed by atoms with E-state index in [0.29, 0.717) is 21.8 Å². The molecule has 3 aromatic rings. The number of rotatable bonds is 5. The molecule has 7 heteroatoms. The summed E-state index contributed by atoms with van der Waals surface area (Å²) in [4.78, 5) is 2.00. The molecule has 0 saturated heterocycles. The van der Waals surface area contributed by atoms with E-state index >= 15 is 0 Å². The molecule has 2 heterocycles. The zero-order chi connectivity index (χ0) is 18.2. The van der Waals surface area contributed by atoms with Crippen LogP contribution in [0, 0.1) is 20.8 Å². The smallest absolute Gasteiger partial charge is 0.263 e. The van der Waals surface area contributed by atoms with Gasteiger partial charge >= 0.3 is 0 Å². The Morgan fingerprint density at radius 2 is 1.92 bits per heavy atom. The first kappa shape index (κ1) is 17.7. The molecule has 0 saturated carbocycles. The lowest BCUT2D eigenvalue weighted by Crippen LogP contribution is -2.14. The lowest BCUT2D eigenvalue weighted by molar-refractivity contribution is 0.601. The maximum Gasteiger partial charge on any atom is 0.263 e. The number of aromatic amines is 1. The van der Waals surface area contributed by atoms with Gasteiger partial charge in [-0.3, -0.25) is 9.82 Å². The number of nitrogens with zero attached hydrogens (tertiary/aromatic N) is 1. The van der Waals surface area contributed by atoms with Crippen molar-refractivity contribution in [2.24, 2.45) is 0 Å². The summed E-state index contributed by atoms with van der Waals surface area (Å²) in [5.74, 6) is 0. The van der Waals surface area contributed by atoms with E-state index < -0.39 is 10.0 Å². The van der Waals surface area contributed by atoms with Gasteiger partial charge in [0.25, 0.3) is 10.0 Å². The Kier molecular flexibility index (Phi) is 4.71. The first-order valence-electron chi connectivity index (χ1n) is 8.06. The summed E-state index contributed by atoms with van der Waals surface area (Å²) in [5.41, 5.74) is 3.88. The van der Waals surface area contributed by atoms with Crippen molar-refractivity contribution in [3.63, 3.8) is 0 Å². The Morgan fingerprint density at radius 1 is 1.16 bits per heavy atom. The van der Waals surface area contributed by atoms with Crippen molar-refractivity contribution in [2.45, 2.75) is 39.0 Å². The number of aromatic nitrogens is 2. The second-order valence-corrected chi connectivity index (χ2v) is 9.06. The number of benzene rings is 1. The molecule has 0 bridgehead atoms. The van der Waals surface area contributed by atoms with Crippen LogP contribution in [0.2, 0.25) is 0 Å². The fourth-order valence-corrected chi connectivity index (χ4v) is 5.82. The number of hydrogen-bond donors (Lipinski definition) is 2. The number of aryl methyl sites for hydroxylation is 4. The van der Waals surface area contributed by atoms with Gasteiger partial charge in [0.2, 0.25) is 0 Å². The highest BCUT2D eigenvalue weighted by molar-refractivity contribution is 7.93. The molecule has 0 aliphatic rings. The summed E-state index contributed by atoms with van der Waals surface area (Å²) in [6.45, 7) is 7.69. The molecule has 5 nitrogen and oxygen atoms in total. The summed E-state index contributed by atoms with van der Waals surface area (Å²) in [6, 6.07) is 9.34. The van der Waals surface area contributed by atoms with Crippen molar-refractivity contribution in [2.75, 3.05) is 4.72 Å². The molecule has 0 spiro atoms. The van der Waals surface area contributed by atoms with Gasteiger partial charge in [0.1, 0.15) is 4.90 Å². The Bertz CT molecular complexity index is 1020. The Labute approximate surface area is 152 Å². The van der Waals surface area contributed by atoms with Crippen LogP contribution in [0.3, 0.4) is 0 Å². The number of anilines is 1. The summed E-state index contributed by atoms with van der Waals surface area (Å²) < 4.78 is 28.9. The molecule has 0 fully saturated rings. The predicted octanol–water partition coefficient (Wildman–Crippen LogP) is 4.43. The minimum Gasteiger partial charge on any atom is -0.282 e. The van der Waals surface area contributed by atoms with Gasteiger partial charge < -0.3 is 0 Å². The first-order valence-corrected chi connectivity index (χ1v) is 10.4. The molecule has 3 rings (SSSR count). The van der Waals surface area contributed by atoms with Crippen LogP contribution in [0.15, 0.2) is 35.2 Å². The van der Waals surface area contributed by atoms with Crippen molar-refractivity contribution in [3.8, 4) is 11.3 Å². The summed E-state index contributed by atoms with van der Waals surface area (Å²) >= 11 is 1.47. The fourth-order valence-electron chi connectivity index (χ4n) is 2.89. The Morgan fingerprint density at radius 3 is 2.56 bits per heavy atom. The normalized spacial score (nSPS) is 11.7. The predicted molar refractivity (Wildman–Crippen MR) is 103 cm³/mol. The third-order valence-corrected chi connectivity index (χ3v) is 6.73. The second kappa shape index (κ2) is 6.65. The van der Waals surface area contributed by atoms with E-state index in [1.54, 1.807) is 6.07 Å². The van der Waals surface area contributed by atoms with Crippen molar-refractivity contribution in [1.82, 2.24) is 10.2 Å². The van der Waals surface area contributed by atoms with Crippen LogP contribution in [0.25, 0.3) is 11.3 Å². The van der Waals surface area contributed by atoms with Gasteiger partial charge in [-0.15, -0.1) is 11.3 Å². The van der Waals surface area contributed by atoms with Crippen LogP contribution in [0.1, 0.15) is 27.9 Å². The topological polar surface area (TPSA) is 74.8 Å². The van der Waals surface area contributed by atoms with Gasteiger partial charge in [0.15, 0.2) is 0 Å². The first-order chi connectivity index (χ1) is 11.8. The van der Waals surface area contributed by atoms with Crippen LogP contribution in [-0.4, -0.2) is 18.6 Å². The zero-order valence-corrected chi connectivity index (χ0v) is 16.3. The van der Waals surface area contributed by atoms with Gasteiger partial charge in [0, 0.05) is 26.7 Å². The average molecular weight is 376 g/mol. The van der Waals surface area contributed by atoms with Crippen molar-refractivity contribution in [3.05, 3.63) is 51.3 Å². The number of nitrogens with one attached hydrogen (secondary N) is 2. The van der Waals surface area contributed by atoms with Crippen molar-refractivity contribution >= 4 is 27.0 Å². The number of H-pyrrole nitrogens is 1. The Hall–Kier alpha value is -2.12. The van der Waals surface area contributed by atoms with E-state index in [9.17, 15) is 8.42 Å². The van der Waals surface area contributed by atoms with Gasteiger partial charge in [-0.25, -0.2) is 8.42 Å². The average Bonchev–Trinajstić information content (AvgIpc) is 3.09. The fraction of sp³-hybridized carbons (Fsp3) is 0.278. The monoisotopic (exact) mass is 375 g/mol. The third-order valence-electron chi connectivity index (χ3n) is 4.02. The summed E-state index contributed by atoms with van der Waals surface area (Å²) in [5, 5.41) is 7.14. The lowest BCUT2D eigenvalue weighted by atomic mass is 10.1. The SMILES string of the molecule is CCc1cccc(NS(=O)(=O)c2c(C)sc(C)c2-c2cc(C)[nH]n2)c1. The zero-order valence-electron chi connectivity index (χ0n) is 14.7. The van der Waals surface area contributed by atoms with E-state index in [1.165, 1.54) is 11.3 Å². The number of hydrogen-bond acceptors (Lipinski definition) is 4. The molecule has 0 unspecified atom stereocenters. The second-order valence-electron chi connectivity index (χ2n) is 6.01. The highest BCUT2D eigenvalue weighted by Crippen LogP contribution is 2.39. The summed E-state index contributed by atoms with van der Waals surface area (Å²) in [7, 11) is -3.71. The quantitative estimate of drug-likeness (QED) is 0.693. The molecule has 2 aromatic heterocycles. The molecule has 132 valence electrons. The van der Waals surface area contributed by atoms with E-state index in [0.717, 1.165) is 27.4 Å². The van der Waals surface area contributed by atoms with Gasteiger partial charge in [-0.05, 0) is 51.0 Å². The van der Waals surface area contributed by atoms with E-state index in [1.807, 2.05) is 52.0 Å². The van der Waals surface area contributed by atoms with E-state index in [4.69, 9.17) is 0 Å². The van der Waals surface area contributed by atoms with Crippen LogP contribution in [-0.2, 0) is 16.4 Å². The standard InChI is InChI=1S/C18H21N3O2S2/c1-5-14-7-6-8-15(10-14)21-25(22,23)18-13(4)24-12(3)17(18)16-9-11(2)19-20-16/h6-10,21H,5H2,1-4H3,(H,19,20). The molecule has 25 heavy (non-hydrogen) atoms. The van der Waals surface area contributed by atoms with Gasteiger partial charge in [-0.2, -0.15) is 5.10 Å². The van der Waals surface area contributed by atoms with Crippen molar-refractivity contribution < 1.29 is 8.42 Å². The molecular formula is C18H21N3O2S2. The molecule has 1 aromatic carbocycles. The number of sulfonamides is 1. The molecule has 0 radical (unpaired) electrons. The molecule has 0 aliphatic carbocycles. The largest absolute Gasteiger partial charge is 0.282 e.